The van der Waals surface area contributed by atoms with Crippen LogP contribution in [0.15, 0.2) is 12.4 Å². The zero-order chi connectivity index (χ0) is 21.3. The number of aryl methyl sites for hydroxylation is 1. The van der Waals surface area contributed by atoms with Crippen LogP contribution in [0.25, 0.3) is 11.0 Å². The Balaban J connectivity index is 2.17. The Morgan fingerprint density at radius 3 is 2.72 bits per heavy atom. The molecule has 9 heteroatoms. The lowest BCUT2D eigenvalue weighted by atomic mass is 10.1. The molecule has 3 aromatic rings. The molecule has 0 saturated heterocycles. The fraction of sp³-hybridized carbons (Fsp3) is 0.350. The Morgan fingerprint density at radius 1 is 1.34 bits per heavy atom. The molecule has 0 saturated carbocycles. The van der Waals surface area contributed by atoms with Gasteiger partial charge in [-0.25, -0.2) is 4.98 Å². The minimum absolute atomic E-state index is 0.0369. The number of hydrogen-bond acceptors (Lipinski definition) is 7. The van der Waals surface area contributed by atoms with Crippen LogP contribution < -0.4 is 10.5 Å². The first kappa shape index (κ1) is 20.9. The minimum atomic E-state index is -1.54. The number of nitrogens with zero attached hydrogens (tertiary/aromatic N) is 4. The zero-order valence-corrected chi connectivity index (χ0v) is 17.4. The Labute approximate surface area is 173 Å². The van der Waals surface area contributed by atoms with Gasteiger partial charge in [0.2, 0.25) is 5.95 Å². The number of aromatic nitrogens is 4. The number of pyridine rings is 1. The van der Waals surface area contributed by atoms with Gasteiger partial charge in [-0.2, -0.15) is 4.98 Å². The molecule has 3 rings (SSSR count). The van der Waals surface area contributed by atoms with Crippen molar-refractivity contribution in [3.05, 3.63) is 39.9 Å². The largest absolute Gasteiger partial charge is 0.496 e. The van der Waals surface area contributed by atoms with Crippen LogP contribution in [0, 0.1) is 25.7 Å². The first-order valence-corrected chi connectivity index (χ1v) is 9.22. The number of halogens is 1. The van der Waals surface area contributed by atoms with Crippen molar-refractivity contribution in [3.63, 3.8) is 0 Å². The fourth-order valence-corrected chi connectivity index (χ4v) is 3.28. The molecule has 0 spiro atoms. The second-order valence-corrected chi connectivity index (χ2v) is 7.33. The van der Waals surface area contributed by atoms with Gasteiger partial charge in [0, 0.05) is 23.5 Å². The van der Waals surface area contributed by atoms with E-state index in [1.807, 2.05) is 18.4 Å². The number of ether oxygens (including phenoxy) is 1. The molecule has 152 valence electrons. The number of hydrogen-bond donors (Lipinski definition) is 3. The summed E-state index contributed by atoms with van der Waals surface area (Å²) < 4.78 is 7.30. The maximum Gasteiger partial charge on any atom is 0.223 e. The number of rotatable bonds is 4. The summed E-state index contributed by atoms with van der Waals surface area (Å²) in [5.41, 5.74) is 7.90. The van der Waals surface area contributed by atoms with Crippen LogP contribution in [0.5, 0.6) is 5.75 Å². The Morgan fingerprint density at radius 2 is 2.07 bits per heavy atom. The average Bonchev–Trinajstić information content (AvgIpc) is 3.00. The molecule has 3 aromatic heterocycles. The summed E-state index contributed by atoms with van der Waals surface area (Å²) in [4.78, 5) is 12.8. The van der Waals surface area contributed by atoms with Crippen molar-refractivity contribution in [3.8, 4) is 17.6 Å². The first-order chi connectivity index (χ1) is 13.7. The first-order valence-electron chi connectivity index (χ1n) is 8.84. The summed E-state index contributed by atoms with van der Waals surface area (Å²) in [6.45, 7) is 5.17. The second-order valence-electron chi connectivity index (χ2n) is 6.97. The lowest BCUT2D eigenvalue weighted by molar-refractivity contribution is 0.0519. The van der Waals surface area contributed by atoms with Crippen LogP contribution in [0.4, 0.5) is 5.95 Å². The second kappa shape index (κ2) is 7.87. The van der Waals surface area contributed by atoms with E-state index in [1.165, 1.54) is 6.92 Å². The smallest absolute Gasteiger partial charge is 0.223 e. The maximum absolute atomic E-state index is 9.99. The van der Waals surface area contributed by atoms with Crippen molar-refractivity contribution in [2.45, 2.75) is 32.9 Å². The summed E-state index contributed by atoms with van der Waals surface area (Å²) >= 11 is 6.31. The average molecular weight is 416 g/mol. The third kappa shape index (κ3) is 4.12. The summed E-state index contributed by atoms with van der Waals surface area (Å²) in [5.74, 6) is 6.31. The highest BCUT2D eigenvalue weighted by Crippen LogP contribution is 2.29. The molecule has 0 aliphatic carbocycles. The molecule has 0 bridgehead atoms. The molecule has 0 amide bonds. The standard InChI is InChI=1S/C20H22ClN5O3/c1-11-7-23-14(12(2)16(11)29-4)9-26-8-13(5-6-20(3,28)10-27)15-17(21)24-19(22)25-18(15)26/h7-8,27-28H,9-10H2,1-4H3,(H2,22,24,25)/t20-/m0/s1. The summed E-state index contributed by atoms with van der Waals surface area (Å²) in [6.07, 6.45) is 3.50. The number of aliphatic hydroxyl groups is 2. The molecular formula is C20H22ClN5O3. The van der Waals surface area contributed by atoms with Crippen LogP contribution >= 0.6 is 11.6 Å². The van der Waals surface area contributed by atoms with E-state index in [0.717, 1.165) is 22.6 Å². The third-order valence-corrected chi connectivity index (χ3v) is 4.81. The third-order valence-electron chi connectivity index (χ3n) is 4.53. The van der Waals surface area contributed by atoms with Gasteiger partial charge in [0.25, 0.3) is 0 Å². The number of nitrogens with two attached hydrogens (primary N) is 1. The number of nitrogen functional groups attached to an aromatic ring is 1. The van der Waals surface area contributed by atoms with E-state index in [4.69, 9.17) is 22.1 Å². The predicted molar refractivity (Wildman–Crippen MR) is 111 cm³/mol. The summed E-state index contributed by atoms with van der Waals surface area (Å²) in [6, 6.07) is 0. The van der Waals surface area contributed by atoms with Crippen molar-refractivity contribution in [1.29, 1.82) is 0 Å². The predicted octanol–water partition coefficient (Wildman–Crippen LogP) is 1.83. The van der Waals surface area contributed by atoms with E-state index >= 15 is 0 Å². The molecule has 29 heavy (non-hydrogen) atoms. The molecule has 0 aliphatic rings. The summed E-state index contributed by atoms with van der Waals surface area (Å²) in [5, 5.41) is 19.9. The topological polar surface area (TPSA) is 119 Å². The maximum atomic E-state index is 9.99. The van der Waals surface area contributed by atoms with Crippen LogP contribution in [-0.2, 0) is 6.54 Å². The van der Waals surface area contributed by atoms with Gasteiger partial charge >= 0.3 is 0 Å². The molecule has 8 nitrogen and oxygen atoms in total. The van der Waals surface area contributed by atoms with Gasteiger partial charge in [0.15, 0.2) is 0 Å². The molecule has 3 heterocycles. The molecule has 0 aromatic carbocycles. The van der Waals surface area contributed by atoms with Gasteiger partial charge in [-0.3, -0.25) is 4.98 Å². The quantitative estimate of drug-likeness (QED) is 0.439. The van der Waals surface area contributed by atoms with E-state index in [9.17, 15) is 10.2 Å². The normalized spacial score (nSPS) is 13.1. The number of methoxy groups -OCH3 is 1. The summed E-state index contributed by atoms with van der Waals surface area (Å²) in [7, 11) is 1.62. The highest BCUT2D eigenvalue weighted by Gasteiger charge is 2.19. The van der Waals surface area contributed by atoms with E-state index < -0.39 is 12.2 Å². The Kier molecular flexibility index (Phi) is 5.66. The number of aliphatic hydroxyl groups excluding tert-OH is 1. The van der Waals surface area contributed by atoms with Crippen molar-refractivity contribution in [1.82, 2.24) is 19.5 Å². The molecule has 0 fully saturated rings. The van der Waals surface area contributed by atoms with Gasteiger partial charge in [0.05, 0.1) is 36.9 Å². The van der Waals surface area contributed by atoms with Gasteiger partial charge in [-0.05, 0) is 20.8 Å². The van der Waals surface area contributed by atoms with Crippen LogP contribution in [0.2, 0.25) is 5.15 Å². The van der Waals surface area contributed by atoms with Gasteiger partial charge in [-0.1, -0.05) is 23.4 Å². The Hall–Kier alpha value is -2.86. The Bertz CT molecular complexity index is 1140. The van der Waals surface area contributed by atoms with Crippen molar-refractivity contribution in [2.75, 3.05) is 19.5 Å². The number of fused-ring (bicyclic) bond motifs is 1. The van der Waals surface area contributed by atoms with E-state index in [0.29, 0.717) is 23.1 Å². The molecule has 4 N–H and O–H groups in total. The lowest BCUT2D eigenvalue weighted by Gasteiger charge is -2.13. The van der Waals surface area contributed by atoms with E-state index in [2.05, 4.69) is 26.8 Å². The number of anilines is 1. The van der Waals surface area contributed by atoms with E-state index in [1.54, 1.807) is 19.5 Å². The molecule has 0 unspecified atom stereocenters. The monoisotopic (exact) mass is 415 g/mol. The lowest BCUT2D eigenvalue weighted by Crippen LogP contribution is -2.26. The van der Waals surface area contributed by atoms with E-state index in [-0.39, 0.29) is 11.1 Å². The van der Waals surface area contributed by atoms with Crippen LogP contribution in [0.1, 0.15) is 29.3 Å². The highest BCUT2D eigenvalue weighted by molar-refractivity contribution is 6.34. The zero-order valence-electron chi connectivity index (χ0n) is 16.6. The fourth-order valence-electron chi connectivity index (χ4n) is 3.01. The van der Waals surface area contributed by atoms with Gasteiger partial charge in [-0.15, -0.1) is 0 Å². The molecule has 0 radical (unpaired) electrons. The van der Waals surface area contributed by atoms with Crippen molar-refractivity contribution in [2.24, 2.45) is 0 Å². The van der Waals surface area contributed by atoms with Gasteiger partial charge < -0.3 is 25.3 Å². The minimum Gasteiger partial charge on any atom is -0.496 e. The molecular weight excluding hydrogens is 394 g/mol. The van der Waals surface area contributed by atoms with Gasteiger partial charge in [0.1, 0.15) is 22.2 Å². The molecule has 0 aliphatic heterocycles. The van der Waals surface area contributed by atoms with Crippen LogP contribution in [-0.4, -0.2) is 49.0 Å². The SMILES string of the molecule is COc1c(C)cnc(Cn2cc(C#C[C@](C)(O)CO)c3c(Cl)nc(N)nc32)c1C. The van der Waals surface area contributed by atoms with Crippen LogP contribution in [0.3, 0.4) is 0 Å². The highest BCUT2D eigenvalue weighted by atomic mass is 35.5. The molecule has 1 atom stereocenters. The van der Waals surface area contributed by atoms with Crippen molar-refractivity contribution < 1.29 is 14.9 Å². The van der Waals surface area contributed by atoms with Crippen molar-refractivity contribution >= 4 is 28.6 Å².